The van der Waals surface area contributed by atoms with E-state index in [2.05, 4.69) is 6.58 Å². The number of hydrogen-bond acceptors (Lipinski definition) is 9. The second-order valence-electron chi connectivity index (χ2n) is 12.1. The summed E-state index contributed by atoms with van der Waals surface area (Å²) in [4.78, 5) is 23.2. The van der Waals surface area contributed by atoms with Gasteiger partial charge in [-0.1, -0.05) is 90.2 Å². The van der Waals surface area contributed by atoms with Crippen LogP contribution in [0.25, 0.3) is 0 Å². The Morgan fingerprint density at radius 1 is 1.02 bits per heavy atom. The van der Waals surface area contributed by atoms with Crippen LogP contribution in [-0.2, 0) is 14.3 Å². The van der Waals surface area contributed by atoms with Crippen molar-refractivity contribution in [3.05, 3.63) is 48.6 Å². The highest BCUT2D eigenvalue weighted by molar-refractivity contribution is 5.76. The number of allylic oxidation sites excluding steroid dienone is 3. The molecular formula is C32H53NO9. The first-order valence-corrected chi connectivity index (χ1v) is 14.7. The summed E-state index contributed by atoms with van der Waals surface area (Å²) >= 11 is 0. The Bertz CT molecular complexity index is 964. The van der Waals surface area contributed by atoms with Crippen molar-refractivity contribution in [3.8, 4) is 0 Å². The number of amides is 1. The van der Waals surface area contributed by atoms with Gasteiger partial charge in [-0.15, -0.1) is 0 Å². The van der Waals surface area contributed by atoms with Crippen LogP contribution in [0.1, 0.15) is 61.3 Å². The standard InChI is InChI=1S/C32H53NO9/c1-9-10-11-19(4)30(42-32(33)40)23(8)27(36)21(6)15-17(2)14-20(5)26(35)18(3)12-13-24(34)16-25-22(7)28(37)29(38)31(39)41-25/h9-14,18-30,34-38H,1,15-16H2,2-8H3,(H2,33,40)/b11-10-,13-12-,17-14-/t18-,19-,20-,21-,22-,23-,24+,25-,26-,27+,28-,29+,30-/m0/s1. The molecule has 10 nitrogen and oxygen atoms in total. The van der Waals surface area contributed by atoms with Crippen molar-refractivity contribution in [1.29, 1.82) is 0 Å². The zero-order valence-electron chi connectivity index (χ0n) is 26.0. The Balaban J connectivity index is 2.76. The third kappa shape index (κ3) is 11.3. The molecule has 42 heavy (non-hydrogen) atoms. The van der Waals surface area contributed by atoms with Gasteiger partial charge in [0.05, 0.1) is 24.4 Å². The summed E-state index contributed by atoms with van der Waals surface area (Å²) < 4.78 is 10.5. The quantitative estimate of drug-likeness (QED) is 0.0888. The van der Waals surface area contributed by atoms with Crippen molar-refractivity contribution in [1.82, 2.24) is 0 Å². The van der Waals surface area contributed by atoms with Crippen molar-refractivity contribution >= 4 is 12.1 Å². The van der Waals surface area contributed by atoms with E-state index >= 15 is 0 Å². The first kappa shape index (κ1) is 37.5. The van der Waals surface area contributed by atoms with E-state index in [1.165, 1.54) is 6.08 Å². The van der Waals surface area contributed by atoms with Crippen molar-refractivity contribution in [3.63, 3.8) is 0 Å². The average molecular weight is 596 g/mol. The highest BCUT2D eigenvalue weighted by atomic mass is 16.6. The van der Waals surface area contributed by atoms with Gasteiger partial charge in [-0.3, -0.25) is 0 Å². The zero-order chi connectivity index (χ0) is 32.3. The fourth-order valence-electron chi connectivity index (χ4n) is 5.60. The molecule has 1 aliphatic rings. The van der Waals surface area contributed by atoms with E-state index in [0.717, 1.165) is 5.57 Å². The molecule has 0 spiro atoms. The summed E-state index contributed by atoms with van der Waals surface area (Å²) in [7, 11) is 0. The number of carbonyl (C=O) groups is 2. The minimum Gasteiger partial charge on any atom is -0.460 e. The van der Waals surface area contributed by atoms with Crippen molar-refractivity contribution in [2.45, 2.75) is 104 Å². The van der Waals surface area contributed by atoms with E-state index < -0.39 is 66.6 Å². The zero-order valence-corrected chi connectivity index (χ0v) is 26.0. The molecule has 0 aromatic carbocycles. The third-order valence-electron chi connectivity index (χ3n) is 8.30. The second kappa shape index (κ2) is 17.6. The Morgan fingerprint density at radius 2 is 1.64 bits per heavy atom. The molecule has 1 amide bonds. The average Bonchev–Trinajstić information content (AvgIpc) is 2.93. The third-order valence-corrected chi connectivity index (χ3v) is 8.30. The molecule has 7 N–H and O–H groups in total. The lowest BCUT2D eigenvalue weighted by molar-refractivity contribution is -0.191. The Kier molecular flexibility index (Phi) is 15.7. The van der Waals surface area contributed by atoms with Gasteiger partial charge in [-0.2, -0.15) is 0 Å². The van der Waals surface area contributed by atoms with Crippen molar-refractivity contribution < 1.29 is 44.6 Å². The van der Waals surface area contributed by atoms with Gasteiger partial charge in [0.1, 0.15) is 12.2 Å². The van der Waals surface area contributed by atoms with Crippen LogP contribution in [0.5, 0.6) is 0 Å². The lowest BCUT2D eigenvalue weighted by Crippen LogP contribution is -2.51. The van der Waals surface area contributed by atoms with Gasteiger partial charge in [0.25, 0.3) is 0 Å². The lowest BCUT2D eigenvalue weighted by Gasteiger charge is -2.36. The van der Waals surface area contributed by atoms with Crippen LogP contribution in [0.15, 0.2) is 48.6 Å². The normalized spacial score (nSPS) is 28.3. The highest BCUT2D eigenvalue weighted by Gasteiger charge is 2.42. The molecule has 0 aliphatic carbocycles. The van der Waals surface area contributed by atoms with E-state index in [0.29, 0.717) is 6.42 Å². The number of hydrogen-bond donors (Lipinski definition) is 6. The molecule has 0 aromatic heterocycles. The Labute approximate surface area is 250 Å². The molecule has 10 heteroatoms. The van der Waals surface area contributed by atoms with E-state index in [-0.39, 0.29) is 30.1 Å². The summed E-state index contributed by atoms with van der Waals surface area (Å²) in [5.74, 6) is -2.73. The molecule has 0 aromatic rings. The van der Waals surface area contributed by atoms with E-state index in [1.54, 1.807) is 25.2 Å². The van der Waals surface area contributed by atoms with Crippen molar-refractivity contribution in [2.75, 3.05) is 0 Å². The molecule has 1 heterocycles. The predicted octanol–water partition coefficient (Wildman–Crippen LogP) is 3.02. The topological polar surface area (TPSA) is 180 Å². The van der Waals surface area contributed by atoms with Crippen LogP contribution in [0, 0.1) is 35.5 Å². The number of esters is 1. The molecule has 0 bridgehead atoms. The van der Waals surface area contributed by atoms with E-state index in [4.69, 9.17) is 15.2 Å². The number of aliphatic hydroxyl groups excluding tert-OH is 5. The van der Waals surface area contributed by atoms with Crippen LogP contribution in [0.3, 0.4) is 0 Å². The van der Waals surface area contributed by atoms with Gasteiger partial charge < -0.3 is 40.7 Å². The van der Waals surface area contributed by atoms with Crippen LogP contribution in [0.4, 0.5) is 4.79 Å². The molecular weight excluding hydrogens is 542 g/mol. The molecule has 240 valence electrons. The maximum absolute atomic E-state index is 11.7. The SMILES string of the molecule is C=C/C=C\[C@H](C)[C@H](OC(N)=O)[C@@H](C)[C@H](O)[C@@H](C)C/C(C)=C\[C@H](C)[C@@H](O)[C@@H](C)/C=C\[C@@H](O)C[C@@H]1OC(=O)[C@H](O)[C@@H](O)[C@H]1C. The summed E-state index contributed by atoms with van der Waals surface area (Å²) in [6, 6.07) is 0. The number of primary amides is 1. The number of cyclic esters (lactones) is 1. The van der Waals surface area contributed by atoms with Gasteiger partial charge in [0.15, 0.2) is 6.10 Å². The van der Waals surface area contributed by atoms with Crippen LogP contribution < -0.4 is 5.73 Å². The van der Waals surface area contributed by atoms with E-state index in [9.17, 15) is 35.1 Å². The largest absolute Gasteiger partial charge is 0.460 e. The summed E-state index contributed by atoms with van der Waals surface area (Å²) in [6.07, 6.45) is 3.41. The number of carbonyl (C=O) groups excluding carboxylic acids is 2. The van der Waals surface area contributed by atoms with Crippen LogP contribution in [-0.4, -0.2) is 80.3 Å². The molecule has 1 fully saturated rings. The maximum Gasteiger partial charge on any atom is 0.404 e. The van der Waals surface area contributed by atoms with Gasteiger partial charge in [0.2, 0.25) is 0 Å². The molecule has 1 saturated heterocycles. The lowest BCUT2D eigenvalue weighted by atomic mass is 9.81. The number of nitrogens with two attached hydrogens (primary N) is 1. The Hall–Kier alpha value is -2.50. The molecule has 1 aliphatic heterocycles. The molecule has 1 rings (SSSR count). The highest BCUT2D eigenvalue weighted by Crippen LogP contribution is 2.29. The Morgan fingerprint density at radius 3 is 2.21 bits per heavy atom. The fourth-order valence-corrected chi connectivity index (χ4v) is 5.60. The minimum absolute atomic E-state index is 0.0534. The summed E-state index contributed by atoms with van der Waals surface area (Å²) in [5.41, 5.74) is 6.27. The maximum atomic E-state index is 11.7. The fraction of sp³-hybridized carbons (Fsp3) is 0.688. The smallest absolute Gasteiger partial charge is 0.404 e. The first-order chi connectivity index (χ1) is 19.5. The first-order valence-electron chi connectivity index (χ1n) is 14.7. The second-order valence-corrected chi connectivity index (χ2v) is 12.1. The van der Waals surface area contributed by atoms with Crippen molar-refractivity contribution in [2.24, 2.45) is 41.2 Å². The van der Waals surface area contributed by atoms with Gasteiger partial charge in [-0.05, 0) is 19.3 Å². The van der Waals surface area contributed by atoms with E-state index in [1.807, 2.05) is 53.7 Å². The number of aliphatic hydroxyl groups is 5. The van der Waals surface area contributed by atoms with Gasteiger partial charge in [0, 0.05) is 36.0 Å². The summed E-state index contributed by atoms with van der Waals surface area (Å²) in [5, 5.41) is 52.1. The molecule has 0 radical (unpaired) electrons. The van der Waals surface area contributed by atoms with Gasteiger partial charge in [-0.25, -0.2) is 9.59 Å². The van der Waals surface area contributed by atoms with Crippen LogP contribution in [0.2, 0.25) is 0 Å². The predicted molar refractivity (Wildman–Crippen MR) is 161 cm³/mol. The van der Waals surface area contributed by atoms with Crippen LogP contribution >= 0.6 is 0 Å². The molecule has 0 unspecified atom stereocenters. The number of rotatable bonds is 16. The monoisotopic (exact) mass is 595 g/mol. The summed E-state index contributed by atoms with van der Waals surface area (Å²) in [6.45, 7) is 16.6. The molecule has 0 saturated carbocycles. The molecule has 13 atom stereocenters. The minimum atomic E-state index is -1.59. The number of ether oxygens (including phenoxy) is 2. The van der Waals surface area contributed by atoms with Gasteiger partial charge >= 0.3 is 12.1 Å².